The molecule has 212 valence electrons. The fourth-order valence-corrected chi connectivity index (χ4v) is 6.02. The molecule has 15 nitrogen and oxygen atoms in total. The zero-order valence-corrected chi connectivity index (χ0v) is 23.5. The van der Waals surface area contributed by atoms with Crippen LogP contribution < -0.4 is 10.0 Å². The van der Waals surface area contributed by atoms with Crippen molar-refractivity contribution in [1.29, 1.82) is 0 Å². The summed E-state index contributed by atoms with van der Waals surface area (Å²) in [4.78, 5) is 53.9. The second-order valence-corrected chi connectivity index (χ2v) is 12.0. The minimum Gasteiger partial charge on any atom is -0.480 e. The van der Waals surface area contributed by atoms with Crippen molar-refractivity contribution in [3.8, 4) is 0 Å². The predicted octanol–water partition coefficient (Wildman–Crippen LogP) is 1.24. The molecule has 0 aliphatic carbocycles. The summed E-state index contributed by atoms with van der Waals surface area (Å²) in [5.74, 6) is -1.19. The van der Waals surface area contributed by atoms with Gasteiger partial charge >= 0.3 is 12.1 Å². The number of amides is 2. The summed E-state index contributed by atoms with van der Waals surface area (Å²) in [7, 11) is -3.98. The van der Waals surface area contributed by atoms with Gasteiger partial charge in [0.25, 0.3) is 10.0 Å². The Morgan fingerprint density at radius 1 is 1.20 bits per heavy atom. The maximum absolute atomic E-state index is 13.0. The Morgan fingerprint density at radius 2 is 2.00 bits per heavy atom. The Kier molecular flexibility index (Phi) is 9.46. The minimum absolute atomic E-state index is 0.0806. The number of thiazole rings is 1. The number of rotatable bonds is 13. The molecule has 0 saturated carbocycles. The van der Waals surface area contributed by atoms with E-state index in [0.29, 0.717) is 16.0 Å². The summed E-state index contributed by atoms with van der Waals surface area (Å²) >= 11 is 2.52. The van der Waals surface area contributed by atoms with Crippen molar-refractivity contribution < 1.29 is 32.6 Å². The highest BCUT2D eigenvalue weighted by atomic mass is 32.2. The first-order valence-corrected chi connectivity index (χ1v) is 15.3. The van der Waals surface area contributed by atoms with Crippen LogP contribution in [0.2, 0.25) is 0 Å². The van der Waals surface area contributed by atoms with Crippen LogP contribution in [0.5, 0.6) is 0 Å². The second kappa shape index (κ2) is 13.0. The van der Waals surface area contributed by atoms with Crippen LogP contribution in [-0.4, -0.2) is 99.1 Å². The SMILES string of the molecule is CSCCOC(=O)Nc1ncnc2c1ncn2CC(=O)N(CCNS(=O)(=O)c1nc2ccccc2s1)CC(=O)O. The first-order valence-electron chi connectivity index (χ1n) is 11.6. The Bertz CT molecular complexity index is 1610. The van der Waals surface area contributed by atoms with Crippen molar-refractivity contribution in [2.75, 3.05) is 43.6 Å². The number of hydrogen-bond donors (Lipinski definition) is 3. The lowest BCUT2D eigenvalue weighted by atomic mass is 10.3. The number of imidazole rings is 1. The van der Waals surface area contributed by atoms with E-state index in [2.05, 4.69) is 30.0 Å². The average molecular weight is 609 g/mol. The molecule has 1 aromatic carbocycles. The van der Waals surface area contributed by atoms with E-state index in [1.165, 1.54) is 29.0 Å². The molecule has 0 atom stereocenters. The van der Waals surface area contributed by atoms with Crippen molar-refractivity contribution in [2.24, 2.45) is 0 Å². The topological polar surface area (TPSA) is 199 Å². The first kappa shape index (κ1) is 29.1. The number of carbonyl (C=O) groups is 3. The van der Waals surface area contributed by atoms with Gasteiger partial charge in [0.05, 0.1) is 16.5 Å². The van der Waals surface area contributed by atoms with Gasteiger partial charge in [-0.2, -0.15) is 11.8 Å². The normalized spacial score (nSPS) is 11.5. The standard InChI is InChI=1S/C22H24N8O7S3/c1-38-9-8-37-21(34)28-19-18-20(24-12-23-19)30(13-25-18)10-16(31)29(11-17(32)33)7-6-26-40(35,36)22-27-14-4-2-3-5-15(14)39-22/h2-5,12-13,26H,6-11H2,1H3,(H,32,33)(H,23,24,28,34). The molecular formula is C22H24N8O7S3. The fourth-order valence-electron chi connectivity index (χ4n) is 3.48. The van der Waals surface area contributed by atoms with Gasteiger partial charge in [-0.3, -0.25) is 14.9 Å². The van der Waals surface area contributed by atoms with Crippen LogP contribution in [0.3, 0.4) is 0 Å². The van der Waals surface area contributed by atoms with E-state index in [1.807, 2.05) is 6.26 Å². The van der Waals surface area contributed by atoms with Gasteiger partial charge in [-0.25, -0.2) is 37.9 Å². The Hall–Kier alpha value is -3.87. The third kappa shape index (κ3) is 7.20. The summed E-state index contributed by atoms with van der Waals surface area (Å²) in [6.45, 7) is -1.25. The minimum atomic E-state index is -3.98. The largest absolute Gasteiger partial charge is 0.480 e. The Morgan fingerprint density at radius 3 is 2.75 bits per heavy atom. The summed E-state index contributed by atoms with van der Waals surface area (Å²) in [5, 5.41) is 11.8. The van der Waals surface area contributed by atoms with Crippen LogP contribution in [0.25, 0.3) is 21.4 Å². The van der Waals surface area contributed by atoms with Gasteiger partial charge in [0.15, 0.2) is 17.0 Å². The maximum Gasteiger partial charge on any atom is 0.412 e. The highest BCUT2D eigenvalue weighted by molar-refractivity contribution is 7.98. The third-order valence-corrected chi connectivity index (χ3v) is 8.75. The molecule has 4 aromatic rings. The van der Waals surface area contributed by atoms with Crippen molar-refractivity contribution in [3.05, 3.63) is 36.9 Å². The summed E-state index contributed by atoms with van der Waals surface area (Å²) < 4.78 is 34.8. The van der Waals surface area contributed by atoms with Gasteiger partial charge in [-0.05, 0) is 18.4 Å². The molecule has 3 aromatic heterocycles. The number of sulfonamides is 1. The quantitative estimate of drug-likeness (QED) is 0.184. The number of carboxylic acid groups (broad SMARTS) is 1. The zero-order chi connectivity index (χ0) is 28.7. The lowest BCUT2D eigenvalue weighted by molar-refractivity contribution is -0.144. The summed E-state index contributed by atoms with van der Waals surface area (Å²) in [6, 6.07) is 6.96. The molecule has 0 fully saturated rings. The van der Waals surface area contributed by atoms with E-state index in [0.717, 1.165) is 16.2 Å². The Balaban J connectivity index is 1.41. The molecule has 0 unspecified atom stereocenters. The van der Waals surface area contributed by atoms with E-state index in [1.54, 1.807) is 24.3 Å². The van der Waals surface area contributed by atoms with Crippen LogP contribution in [0.1, 0.15) is 0 Å². The number of aromatic nitrogens is 5. The molecule has 2 amide bonds. The van der Waals surface area contributed by atoms with Crippen LogP contribution in [0.15, 0.2) is 41.3 Å². The number of fused-ring (bicyclic) bond motifs is 2. The fraction of sp³-hybridized carbons (Fsp3) is 0.318. The number of hydrogen-bond acceptors (Lipinski definition) is 12. The molecule has 0 radical (unpaired) electrons. The molecule has 3 N–H and O–H groups in total. The van der Waals surface area contributed by atoms with Gasteiger partial charge in [-0.1, -0.05) is 12.1 Å². The molecule has 3 heterocycles. The van der Waals surface area contributed by atoms with E-state index in [9.17, 15) is 27.9 Å². The highest BCUT2D eigenvalue weighted by Crippen LogP contribution is 2.24. The smallest absolute Gasteiger partial charge is 0.412 e. The van der Waals surface area contributed by atoms with Crippen molar-refractivity contribution in [2.45, 2.75) is 10.9 Å². The number of carboxylic acids is 1. The van der Waals surface area contributed by atoms with Crippen molar-refractivity contribution >= 4 is 78.3 Å². The molecule has 0 aliphatic rings. The molecular weight excluding hydrogens is 584 g/mol. The third-order valence-electron chi connectivity index (χ3n) is 5.30. The predicted molar refractivity (Wildman–Crippen MR) is 148 cm³/mol. The maximum atomic E-state index is 13.0. The van der Waals surface area contributed by atoms with Crippen LogP contribution >= 0.6 is 23.1 Å². The van der Waals surface area contributed by atoms with E-state index in [-0.39, 0.29) is 47.6 Å². The molecule has 0 spiro atoms. The van der Waals surface area contributed by atoms with Gasteiger partial charge in [0.1, 0.15) is 26.0 Å². The van der Waals surface area contributed by atoms with Gasteiger partial charge in [0, 0.05) is 18.8 Å². The number of para-hydroxylation sites is 1. The average Bonchev–Trinajstić information content (AvgIpc) is 3.53. The monoisotopic (exact) mass is 608 g/mol. The summed E-state index contributed by atoms with van der Waals surface area (Å²) in [6.07, 6.45) is 3.63. The highest BCUT2D eigenvalue weighted by Gasteiger charge is 2.23. The Labute approximate surface area is 236 Å². The molecule has 40 heavy (non-hydrogen) atoms. The van der Waals surface area contributed by atoms with Gasteiger partial charge < -0.3 is 19.3 Å². The molecule has 0 bridgehead atoms. The lowest BCUT2D eigenvalue weighted by Gasteiger charge is -2.21. The van der Waals surface area contributed by atoms with Crippen LogP contribution in [0.4, 0.5) is 10.6 Å². The summed E-state index contributed by atoms with van der Waals surface area (Å²) in [5.41, 5.74) is 0.956. The van der Waals surface area contributed by atoms with Crippen LogP contribution in [-0.2, 0) is 30.9 Å². The second-order valence-electron chi connectivity index (χ2n) is 8.07. The molecule has 0 saturated heterocycles. The number of nitrogens with zero attached hydrogens (tertiary/aromatic N) is 6. The van der Waals surface area contributed by atoms with E-state index in [4.69, 9.17) is 4.74 Å². The number of aliphatic carboxylic acids is 1. The number of anilines is 1. The van der Waals surface area contributed by atoms with E-state index < -0.39 is 34.5 Å². The number of thioether (sulfide) groups is 1. The lowest BCUT2D eigenvalue weighted by Crippen LogP contribution is -2.42. The number of ether oxygens (including phenoxy) is 1. The van der Waals surface area contributed by atoms with Crippen LogP contribution in [0, 0.1) is 0 Å². The van der Waals surface area contributed by atoms with Gasteiger partial charge in [-0.15, -0.1) is 11.3 Å². The number of nitrogens with one attached hydrogen (secondary N) is 2. The van der Waals surface area contributed by atoms with E-state index >= 15 is 0 Å². The number of benzene rings is 1. The molecule has 0 aliphatic heterocycles. The van der Waals surface area contributed by atoms with Gasteiger partial charge in [0.2, 0.25) is 10.2 Å². The zero-order valence-electron chi connectivity index (χ0n) is 21.0. The molecule has 4 rings (SSSR count). The number of carbonyl (C=O) groups excluding carboxylic acids is 2. The van der Waals surface area contributed by atoms with Crippen molar-refractivity contribution in [3.63, 3.8) is 0 Å². The van der Waals surface area contributed by atoms with Crippen molar-refractivity contribution in [1.82, 2.24) is 34.1 Å². The first-order chi connectivity index (χ1) is 19.2. The molecule has 18 heteroatoms.